The Balaban J connectivity index is 2.09. The molecule has 3 nitrogen and oxygen atoms in total. The van der Waals surface area contributed by atoms with Crippen LogP contribution >= 0.6 is 0 Å². The Morgan fingerprint density at radius 3 is 2.38 bits per heavy atom. The van der Waals surface area contributed by atoms with Crippen molar-refractivity contribution in [2.45, 2.75) is 56.3 Å². The second-order valence-electron chi connectivity index (χ2n) is 6.91. The van der Waals surface area contributed by atoms with Gasteiger partial charge in [0, 0.05) is 18.1 Å². The third kappa shape index (κ3) is 3.71. The average molecular weight is 307 g/mol. The van der Waals surface area contributed by atoms with Gasteiger partial charge in [-0.3, -0.25) is 4.90 Å². The van der Waals surface area contributed by atoms with Crippen LogP contribution in [-0.4, -0.2) is 61.3 Å². The Morgan fingerprint density at radius 1 is 1.24 bits per heavy atom. The Labute approximate surface area is 125 Å². The highest BCUT2D eigenvalue weighted by molar-refractivity contribution is 4.99. The summed E-state index contributed by atoms with van der Waals surface area (Å²) in [6, 6.07) is 0.358. The molecule has 2 N–H and O–H groups in total. The van der Waals surface area contributed by atoms with Gasteiger partial charge in [0.05, 0.1) is 5.92 Å². The van der Waals surface area contributed by atoms with E-state index in [9.17, 15) is 13.2 Å². The third-order valence-electron chi connectivity index (χ3n) is 5.65. The first-order chi connectivity index (χ1) is 9.78. The van der Waals surface area contributed by atoms with Gasteiger partial charge in [-0.2, -0.15) is 13.2 Å². The minimum Gasteiger partial charge on any atom is -0.329 e. The maximum atomic E-state index is 13.1. The number of alkyl halides is 3. The summed E-state index contributed by atoms with van der Waals surface area (Å²) in [5, 5.41) is 0. The fraction of sp³-hybridized carbons (Fsp3) is 1.00. The summed E-state index contributed by atoms with van der Waals surface area (Å²) in [6.45, 7) is 2.35. The number of nitrogens with zero attached hydrogens (tertiary/aromatic N) is 2. The molecule has 0 aromatic heterocycles. The molecule has 2 fully saturated rings. The molecule has 2 rings (SSSR count). The number of rotatable bonds is 3. The van der Waals surface area contributed by atoms with Crippen LogP contribution in [0.25, 0.3) is 0 Å². The van der Waals surface area contributed by atoms with Crippen LogP contribution in [0.5, 0.6) is 0 Å². The molecule has 1 aliphatic carbocycles. The molecular formula is C15H28F3N3. The molecule has 1 saturated carbocycles. The van der Waals surface area contributed by atoms with E-state index >= 15 is 0 Å². The molecule has 2 unspecified atom stereocenters. The molecule has 0 aromatic carbocycles. The highest BCUT2D eigenvalue weighted by Gasteiger charge is 2.49. The van der Waals surface area contributed by atoms with Gasteiger partial charge in [0.1, 0.15) is 0 Å². The molecule has 0 spiro atoms. The molecule has 124 valence electrons. The van der Waals surface area contributed by atoms with E-state index in [1.807, 2.05) is 7.05 Å². The molecular weight excluding hydrogens is 279 g/mol. The Bertz CT molecular complexity index is 340. The Hall–Kier alpha value is -0.330. The van der Waals surface area contributed by atoms with Crippen molar-refractivity contribution in [3.05, 3.63) is 0 Å². The summed E-state index contributed by atoms with van der Waals surface area (Å²) >= 11 is 0. The van der Waals surface area contributed by atoms with Crippen molar-refractivity contribution in [1.29, 1.82) is 0 Å². The Morgan fingerprint density at radius 2 is 1.86 bits per heavy atom. The topological polar surface area (TPSA) is 32.5 Å². The van der Waals surface area contributed by atoms with Crippen molar-refractivity contribution in [2.75, 3.05) is 33.7 Å². The van der Waals surface area contributed by atoms with Crippen molar-refractivity contribution in [1.82, 2.24) is 9.80 Å². The van der Waals surface area contributed by atoms with Crippen molar-refractivity contribution < 1.29 is 13.2 Å². The van der Waals surface area contributed by atoms with Gasteiger partial charge >= 0.3 is 6.18 Å². The monoisotopic (exact) mass is 307 g/mol. The van der Waals surface area contributed by atoms with E-state index in [1.54, 1.807) is 0 Å². The first-order valence-electron chi connectivity index (χ1n) is 7.97. The zero-order chi connectivity index (χ0) is 15.7. The van der Waals surface area contributed by atoms with Crippen LogP contribution in [0.3, 0.4) is 0 Å². The summed E-state index contributed by atoms with van der Waals surface area (Å²) in [7, 11) is 4.08. The summed E-state index contributed by atoms with van der Waals surface area (Å²) in [6.07, 6.45) is -0.217. The molecule has 1 saturated heterocycles. The van der Waals surface area contributed by atoms with Crippen molar-refractivity contribution >= 4 is 0 Å². The molecule has 0 radical (unpaired) electrons. The van der Waals surface area contributed by atoms with E-state index in [4.69, 9.17) is 5.73 Å². The minimum absolute atomic E-state index is 0.163. The smallest absolute Gasteiger partial charge is 0.329 e. The molecule has 1 heterocycles. The summed E-state index contributed by atoms with van der Waals surface area (Å²) < 4.78 is 39.3. The largest absolute Gasteiger partial charge is 0.391 e. The van der Waals surface area contributed by atoms with Crippen molar-refractivity contribution in [3.63, 3.8) is 0 Å². The highest BCUT2D eigenvalue weighted by atomic mass is 19.4. The Kier molecular flexibility index (Phi) is 5.21. The van der Waals surface area contributed by atoms with Crippen LogP contribution in [0.2, 0.25) is 0 Å². The number of piperidine rings is 1. The van der Waals surface area contributed by atoms with Crippen molar-refractivity contribution in [2.24, 2.45) is 11.7 Å². The predicted molar refractivity (Wildman–Crippen MR) is 78.1 cm³/mol. The lowest BCUT2D eigenvalue weighted by molar-refractivity contribution is -0.194. The molecule has 21 heavy (non-hydrogen) atoms. The van der Waals surface area contributed by atoms with E-state index < -0.39 is 17.6 Å². The lowest BCUT2D eigenvalue weighted by atomic mass is 9.73. The average Bonchev–Trinajstić information content (AvgIpc) is 2.46. The second kappa shape index (κ2) is 6.42. The van der Waals surface area contributed by atoms with E-state index in [0.29, 0.717) is 19.0 Å². The summed E-state index contributed by atoms with van der Waals surface area (Å²) in [4.78, 5) is 4.47. The van der Waals surface area contributed by atoms with Crippen LogP contribution in [0.1, 0.15) is 38.5 Å². The van der Waals surface area contributed by atoms with Gasteiger partial charge in [-0.05, 0) is 59.3 Å². The number of likely N-dealkylation sites (N-methyl/N-ethyl adjacent to an activating group) is 1. The fourth-order valence-corrected chi connectivity index (χ4v) is 4.04. The second-order valence-corrected chi connectivity index (χ2v) is 6.91. The summed E-state index contributed by atoms with van der Waals surface area (Å²) in [5.41, 5.74) is 5.49. The first-order valence-corrected chi connectivity index (χ1v) is 7.97. The standard InChI is InChI=1S/C15H28F3N3/c1-20-8-5-13(6-9-20)21(2)14(11-19)7-3-4-12(10-14)15(16,17)18/h12-13H,3-11,19H2,1-2H3. The maximum absolute atomic E-state index is 13.1. The van der Waals surface area contributed by atoms with Gasteiger partial charge in [-0.15, -0.1) is 0 Å². The van der Waals surface area contributed by atoms with Crippen LogP contribution in [0, 0.1) is 5.92 Å². The number of hydrogen-bond donors (Lipinski definition) is 1. The van der Waals surface area contributed by atoms with Crippen LogP contribution < -0.4 is 5.73 Å². The SMILES string of the molecule is CN1CCC(N(C)C2(CN)CCCC(C(F)(F)F)C2)CC1. The van der Waals surface area contributed by atoms with E-state index in [0.717, 1.165) is 32.4 Å². The number of hydrogen-bond acceptors (Lipinski definition) is 3. The zero-order valence-electron chi connectivity index (χ0n) is 13.1. The molecule has 0 bridgehead atoms. The minimum atomic E-state index is -4.09. The fourth-order valence-electron chi connectivity index (χ4n) is 4.04. The van der Waals surface area contributed by atoms with Crippen LogP contribution in [-0.2, 0) is 0 Å². The van der Waals surface area contributed by atoms with Crippen LogP contribution in [0.15, 0.2) is 0 Å². The van der Waals surface area contributed by atoms with Gasteiger partial charge in [0.15, 0.2) is 0 Å². The summed E-state index contributed by atoms with van der Waals surface area (Å²) in [5.74, 6) is -1.19. The quantitative estimate of drug-likeness (QED) is 0.869. The molecule has 0 aromatic rings. The lowest BCUT2D eigenvalue weighted by Crippen LogP contribution is -2.60. The number of halogens is 3. The zero-order valence-corrected chi connectivity index (χ0v) is 13.1. The lowest BCUT2D eigenvalue weighted by Gasteiger charge is -2.51. The number of nitrogens with two attached hydrogens (primary N) is 1. The van der Waals surface area contributed by atoms with E-state index in [-0.39, 0.29) is 12.8 Å². The molecule has 1 aliphatic heterocycles. The third-order valence-corrected chi connectivity index (χ3v) is 5.65. The van der Waals surface area contributed by atoms with Crippen molar-refractivity contribution in [3.8, 4) is 0 Å². The maximum Gasteiger partial charge on any atom is 0.391 e. The molecule has 2 aliphatic rings. The molecule has 0 amide bonds. The van der Waals surface area contributed by atoms with Crippen LogP contribution in [0.4, 0.5) is 13.2 Å². The van der Waals surface area contributed by atoms with Gasteiger partial charge < -0.3 is 10.6 Å². The molecule has 6 heteroatoms. The van der Waals surface area contributed by atoms with E-state index in [1.165, 1.54) is 0 Å². The molecule has 2 atom stereocenters. The normalized spacial score (nSPS) is 33.6. The predicted octanol–water partition coefficient (Wildman–Crippen LogP) is 2.46. The first kappa shape index (κ1) is 17.0. The van der Waals surface area contributed by atoms with E-state index in [2.05, 4.69) is 16.8 Å². The van der Waals surface area contributed by atoms with Gasteiger partial charge in [-0.1, -0.05) is 6.42 Å². The van der Waals surface area contributed by atoms with Gasteiger partial charge in [0.2, 0.25) is 0 Å². The number of likely N-dealkylation sites (tertiary alicyclic amines) is 1. The highest BCUT2D eigenvalue weighted by Crippen LogP contribution is 2.44. The van der Waals surface area contributed by atoms with Gasteiger partial charge in [-0.25, -0.2) is 0 Å². The van der Waals surface area contributed by atoms with Gasteiger partial charge in [0.25, 0.3) is 0 Å².